The SMILES string of the molecule is CC(C)(C)C12CCCC(C(C)(C)C)(C1)C2. The lowest BCUT2D eigenvalue weighted by Gasteiger charge is -2.70. The van der Waals surface area contributed by atoms with Crippen LogP contribution in [0.3, 0.4) is 0 Å². The monoisotopic (exact) mass is 208 g/mol. The van der Waals surface area contributed by atoms with Crippen LogP contribution in [-0.2, 0) is 0 Å². The molecular weight excluding hydrogens is 180 g/mol. The third-order valence-electron chi connectivity index (χ3n) is 5.85. The van der Waals surface area contributed by atoms with E-state index in [4.69, 9.17) is 0 Å². The summed E-state index contributed by atoms with van der Waals surface area (Å²) in [7, 11) is 0. The number of fused-ring (bicyclic) bond motifs is 2. The molecule has 3 rings (SSSR count). The Morgan fingerprint density at radius 1 is 0.667 bits per heavy atom. The van der Waals surface area contributed by atoms with Crippen LogP contribution in [0.4, 0.5) is 0 Å². The third kappa shape index (κ3) is 1.40. The van der Waals surface area contributed by atoms with E-state index < -0.39 is 0 Å². The highest BCUT2D eigenvalue weighted by atomic mass is 14.7. The lowest BCUT2D eigenvalue weighted by atomic mass is 9.34. The van der Waals surface area contributed by atoms with Crippen LogP contribution in [0, 0.1) is 21.7 Å². The minimum atomic E-state index is 0.516. The second-order valence-corrected chi connectivity index (χ2v) is 8.27. The summed E-state index contributed by atoms with van der Waals surface area (Å²) in [6, 6.07) is 0. The highest BCUT2D eigenvalue weighted by Crippen LogP contribution is 2.74. The molecule has 88 valence electrons. The highest BCUT2D eigenvalue weighted by molar-refractivity contribution is 5.14. The Balaban J connectivity index is 2.22. The van der Waals surface area contributed by atoms with E-state index in [1.807, 2.05) is 0 Å². The van der Waals surface area contributed by atoms with E-state index >= 15 is 0 Å². The molecule has 0 aromatic rings. The van der Waals surface area contributed by atoms with E-state index in [-0.39, 0.29) is 0 Å². The van der Waals surface area contributed by atoms with Crippen LogP contribution in [0.2, 0.25) is 0 Å². The van der Waals surface area contributed by atoms with E-state index in [0.29, 0.717) is 21.7 Å². The van der Waals surface area contributed by atoms with Crippen molar-refractivity contribution in [3.63, 3.8) is 0 Å². The van der Waals surface area contributed by atoms with Crippen molar-refractivity contribution >= 4 is 0 Å². The van der Waals surface area contributed by atoms with Gasteiger partial charge in [0.15, 0.2) is 0 Å². The first-order valence-electron chi connectivity index (χ1n) is 6.62. The van der Waals surface area contributed by atoms with Gasteiger partial charge in [-0.05, 0) is 47.3 Å². The lowest BCUT2D eigenvalue weighted by molar-refractivity contribution is -0.203. The summed E-state index contributed by atoms with van der Waals surface area (Å²) >= 11 is 0. The molecule has 15 heavy (non-hydrogen) atoms. The largest absolute Gasteiger partial charge is 0.0596 e. The van der Waals surface area contributed by atoms with Gasteiger partial charge < -0.3 is 0 Å². The summed E-state index contributed by atoms with van der Waals surface area (Å²) in [5.41, 5.74) is 2.39. The molecule has 0 aliphatic heterocycles. The van der Waals surface area contributed by atoms with Crippen molar-refractivity contribution in [3.05, 3.63) is 0 Å². The minimum absolute atomic E-state index is 0.516. The molecule has 0 aromatic carbocycles. The van der Waals surface area contributed by atoms with Crippen LogP contribution < -0.4 is 0 Å². The molecule has 0 atom stereocenters. The summed E-state index contributed by atoms with van der Waals surface area (Å²) in [5.74, 6) is 0. The predicted molar refractivity (Wildman–Crippen MR) is 66.9 cm³/mol. The van der Waals surface area contributed by atoms with Gasteiger partial charge in [0, 0.05) is 0 Å². The second kappa shape index (κ2) is 2.81. The lowest BCUT2D eigenvalue weighted by Crippen LogP contribution is -2.61. The van der Waals surface area contributed by atoms with Gasteiger partial charge in [-0.15, -0.1) is 0 Å². The predicted octanol–water partition coefficient (Wildman–Crippen LogP) is 5.03. The van der Waals surface area contributed by atoms with Gasteiger partial charge in [-0.1, -0.05) is 48.0 Å². The van der Waals surface area contributed by atoms with Gasteiger partial charge in [0.1, 0.15) is 0 Å². The Hall–Kier alpha value is 0. The van der Waals surface area contributed by atoms with Crippen molar-refractivity contribution in [1.29, 1.82) is 0 Å². The van der Waals surface area contributed by atoms with Gasteiger partial charge in [-0.3, -0.25) is 0 Å². The summed E-state index contributed by atoms with van der Waals surface area (Å²) < 4.78 is 0. The summed E-state index contributed by atoms with van der Waals surface area (Å²) in [4.78, 5) is 0. The molecule has 3 aliphatic rings. The van der Waals surface area contributed by atoms with Gasteiger partial charge in [0.25, 0.3) is 0 Å². The summed E-state index contributed by atoms with van der Waals surface area (Å²) in [6.07, 6.45) is 7.41. The topological polar surface area (TPSA) is 0 Å². The molecule has 0 radical (unpaired) electrons. The van der Waals surface area contributed by atoms with Crippen molar-refractivity contribution in [2.24, 2.45) is 21.7 Å². The Morgan fingerprint density at radius 2 is 1.00 bits per heavy atom. The smallest absolute Gasteiger partial charge is 0.0238 e. The van der Waals surface area contributed by atoms with Crippen molar-refractivity contribution < 1.29 is 0 Å². The second-order valence-electron chi connectivity index (χ2n) is 8.27. The van der Waals surface area contributed by atoms with Crippen molar-refractivity contribution in [3.8, 4) is 0 Å². The zero-order valence-corrected chi connectivity index (χ0v) is 11.5. The van der Waals surface area contributed by atoms with Crippen LogP contribution in [0.15, 0.2) is 0 Å². The molecule has 0 saturated heterocycles. The Morgan fingerprint density at radius 3 is 1.27 bits per heavy atom. The van der Waals surface area contributed by atoms with Crippen LogP contribution in [-0.4, -0.2) is 0 Å². The van der Waals surface area contributed by atoms with E-state index in [1.54, 1.807) is 0 Å². The standard InChI is InChI=1S/C15H28/c1-12(2,3)14-8-7-9-15(10-14,11-14)13(4,5)6/h7-11H2,1-6H3. The van der Waals surface area contributed by atoms with Gasteiger partial charge in [0.2, 0.25) is 0 Å². The third-order valence-corrected chi connectivity index (χ3v) is 5.85. The summed E-state index contributed by atoms with van der Waals surface area (Å²) in [5, 5.41) is 0. The number of hydrogen-bond acceptors (Lipinski definition) is 0. The molecule has 0 amide bonds. The molecule has 0 unspecified atom stereocenters. The average Bonchev–Trinajstić information content (AvgIpc) is 1.99. The van der Waals surface area contributed by atoms with E-state index in [9.17, 15) is 0 Å². The zero-order chi connectivity index (χ0) is 11.5. The quantitative estimate of drug-likeness (QED) is 0.524. The normalized spacial score (nSPS) is 41.2. The first kappa shape index (κ1) is 11.5. The van der Waals surface area contributed by atoms with E-state index in [0.717, 1.165) is 0 Å². The Labute approximate surface area is 95.8 Å². The van der Waals surface area contributed by atoms with E-state index in [1.165, 1.54) is 32.1 Å². The highest BCUT2D eigenvalue weighted by Gasteiger charge is 2.64. The van der Waals surface area contributed by atoms with Crippen LogP contribution in [0.1, 0.15) is 73.6 Å². The Bertz CT molecular complexity index is 227. The van der Waals surface area contributed by atoms with Crippen LogP contribution >= 0.6 is 0 Å². The van der Waals surface area contributed by atoms with Crippen LogP contribution in [0.25, 0.3) is 0 Å². The fourth-order valence-corrected chi connectivity index (χ4v) is 4.17. The molecule has 0 nitrogen and oxygen atoms in total. The van der Waals surface area contributed by atoms with Crippen LogP contribution in [0.5, 0.6) is 0 Å². The molecule has 3 saturated carbocycles. The van der Waals surface area contributed by atoms with Crippen molar-refractivity contribution in [2.45, 2.75) is 73.6 Å². The average molecular weight is 208 g/mol. The summed E-state index contributed by atoms with van der Waals surface area (Å²) in [6.45, 7) is 14.7. The maximum atomic E-state index is 2.45. The van der Waals surface area contributed by atoms with E-state index in [2.05, 4.69) is 41.5 Å². The molecule has 0 aromatic heterocycles. The number of rotatable bonds is 0. The molecule has 0 spiro atoms. The molecule has 2 bridgehead atoms. The Kier molecular flexibility index (Phi) is 2.15. The molecule has 3 aliphatic carbocycles. The van der Waals surface area contributed by atoms with Crippen molar-refractivity contribution in [2.75, 3.05) is 0 Å². The molecule has 0 heteroatoms. The maximum absolute atomic E-state index is 2.45. The molecule has 0 heterocycles. The fraction of sp³-hybridized carbons (Fsp3) is 1.00. The molecule has 0 N–H and O–H groups in total. The van der Waals surface area contributed by atoms with Gasteiger partial charge in [0.05, 0.1) is 0 Å². The first-order valence-corrected chi connectivity index (χ1v) is 6.62. The van der Waals surface area contributed by atoms with Crippen molar-refractivity contribution in [1.82, 2.24) is 0 Å². The fourth-order valence-electron chi connectivity index (χ4n) is 4.17. The van der Waals surface area contributed by atoms with Gasteiger partial charge in [-0.25, -0.2) is 0 Å². The molecular formula is C15H28. The van der Waals surface area contributed by atoms with Gasteiger partial charge in [-0.2, -0.15) is 0 Å². The first-order chi connectivity index (χ1) is 6.62. The maximum Gasteiger partial charge on any atom is -0.0238 e. The minimum Gasteiger partial charge on any atom is -0.0596 e. The molecule has 3 fully saturated rings. The number of hydrogen-bond donors (Lipinski definition) is 0. The van der Waals surface area contributed by atoms with Gasteiger partial charge >= 0.3 is 0 Å². The zero-order valence-electron chi connectivity index (χ0n) is 11.5.